The van der Waals surface area contributed by atoms with Crippen LogP contribution in [-0.4, -0.2) is 65.3 Å². The minimum Gasteiger partial charge on any atom is -0.394 e. The van der Waals surface area contributed by atoms with Crippen LogP contribution in [0.1, 0.15) is 26.2 Å². The lowest BCUT2D eigenvalue weighted by Crippen LogP contribution is -2.44. The lowest BCUT2D eigenvalue weighted by atomic mass is 10.2. The molecule has 1 aliphatic heterocycles. The van der Waals surface area contributed by atoms with E-state index in [1.165, 1.54) is 4.90 Å². The van der Waals surface area contributed by atoms with Crippen molar-refractivity contribution in [2.75, 3.05) is 26.2 Å². The Kier molecular flexibility index (Phi) is 3.99. The smallest absolute Gasteiger partial charge is 0.237 e. The van der Waals surface area contributed by atoms with Gasteiger partial charge in [-0.05, 0) is 19.4 Å². The average molecular weight is 244 g/mol. The second-order valence-electron chi connectivity index (χ2n) is 5.01. The molecule has 1 saturated heterocycles. The van der Waals surface area contributed by atoms with E-state index in [2.05, 4.69) is 4.90 Å². The Bertz CT molecular complexity index is 284. The van der Waals surface area contributed by atoms with Crippen LogP contribution >= 0.6 is 0 Å². The highest BCUT2D eigenvalue weighted by Gasteiger charge is 2.37. The van der Waals surface area contributed by atoms with Gasteiger partial charge >= 0.3 is 0 Å². The molecule has 2 fully saturated rings. The molecule has 2 atom stereocenters. The lowest BCUT2D eigenvalue weighted by molar-refractivity contribution is -0.134. The van der Waals surface area contributed by atoms with Gasteiger partial charge in [0, 0.05) is 12.5 Å². The lowest BCUT2D eigenvalue weighted by Gasteiger charge is -2.26. The molecule has 0 spiro atoms. The van der Waals surface area contributed by atoms with Crippen LogP contribution in [0.2, 0.25) is 0 Å². The van der Waals surface area contributed by atoms with Gasteiger partial charge in [0.15, 0.2) is 0 Å². The van der Waals surface area contributed by atoms with Crippen LogP contribution in [0.4, 0.5) is 4.39 Å². The number of alkyl halides is 1. The maximum atomic E-state index is 13.2. The van der Waals surface area contributed by atoms with E-state index in [0.29, 0.717) is 12.6 Å². The molecule has 0 aromatic rings. The molecule has 1 heterocycles. The Balaban J connectivity index is 1.89. The molecule has 0 unspecified atom stereocenters. The molecule has 1 N–H and O–H groups in total. The molecule has 0 aromatic carbocycles. The Morgan fingerprint density at radius 3 is 2.76 bits per heavy atom. The molecule has 0 radical (unpaired) electrons. The van der Waals surface area contributed by atoms with Crippen molar-refractivity contribution in [3.05, 3.63) is 0 Å². The highest BCUT2D eigenvalue weighted by molar-refractivity contribution is 5.79. The fourth-order valence-electron chi connectivity index (χ4n) is 2.54. The van der Waals surface area contributed by atoms with E-state index in [1.807, 2.05) is 6.92 Å². The largest absolute Gasteiger partial charge is 0.394 e. The van der Waals surface area contributed by atoms with Gasteiger partial charge in [0.1, 0.15) is 6.17 Å². The number of amides is 1. The molecule has 1 saturated carbocycles. The number of carbonyl (C=O) groups is 1. The Morgan fingerprint density at radius 2 is 2.24 bits per heavy atom. The van der Waals surface area contributed by atoms with Crippen LogP contribution in [0.5, 0.6) is 0 Å². The van der Waals surface area contributed by atoms with Gasteiger partial charge in [0.25, 0.3) is 0 Å². The fraction of sp³-hybridized carbons (Fsp3) is 0.917. The number of nitrogens with zero attached hydrogens (tertiary/aromatic N) is 2. The first-order valence-electron chi connectivity index (χ1n) is 6.44. The Labute approximate surface area is 101 Å². The topological polar surface area (TPSA) is 43.8 Å². The number of halogens is 1. The van der Waals surface area contributed by atoms with Crippen molar-refractivity contribution < 1.29 is 14.3 Å². The van der Waals surface area contributed by atoms with Gasteiger partial charge in [0.2, 0.25) is 5.91 Å². The number of aliphatic hydroxyl groups excluding tert-OH is 1. The molecule has 0 bridgehead atoms. The Morgan fingerprint density at radius 1 is 1.53 bits per heavy atom. The van der Waals surface area contributed by atoms with Gasteiger partial charge in [-0.3, -0.25) is 9.69 Å². The first-order valence-corrected chi connectivity index (χ1v) is 6.44. The third-order valence-corrected chi connectivity index (χ3v) is 3.70. The number of rotatable bonds is 5. The minimum absolute atomic E-state index is 0.0436. The number of likely N-dealkylation sites (tertiary alicyclic amines) is 1. The Hall–Kier alpha value is -0.680. The third-order valence-electron chi connectivity index (χ3n) is 3.70. The maximum absolute atomic E-state index is 13.2. The summed E-state index contributed by atoms with van der Waals surface area (Å²) in [7, 11) is 0. The quantitative estimate of drug-likeness (QED) is 0.761. The first kappa shape index (κ1) is 12.8. The summed E-state index contributed by atoms with van der Waals surface area (Å²) >= 11 is 0. The van der Waals surface area contributed by atoms with Gasteiger partial charge in [-0.1, -0.05) is 6.92 Å². The van der Waals surface area contributed by atoms with Gasteiger partial charge in [0.05, 0.1) is 25.7 Å². The second kappa shape index (κ2) is 5.31. The van der Waals surface area contributed by atoms with Crippen molar-refractivity contribution in [3.63, 3.8) is 0 Å². The molecule has 1 aliphatic carbocycles. The predicted molar refractivity (Wildman–Crippen MR) is 62.4 cm³/mol. The van der Waals surface area contributed by atoms with Crippen molar-refractivity contribution in [2.45, 2.75) is 44.4 Å². The van der Waals surface area contributed by atoms with Gasteiger partial charge < -0.3 is 10.0 Å². The molecule has 17 heavy (non-hydrogen) atoms. The fourth-order valence-corrected chi connectivity index (χ4v) is 2.54. The number of hydrogen-bond donors (Lipinski definition) is 1. The monoisotopic (exact) mass is 244 g/mol. The molecule has 2 rings (SSSR count). The molecular weight excluding hydrogens is 223 g/mol. The van der Waals surface area contributed by atoms with E-state index in [0.717, 1.165) is 19.4 Å². The molecular formula is C12H21FN2O2. The van der Waals surface area contributed by atoms with Crippen molar-refractivity contribution in [1.82, 2.24) is 9.80 Å². The molecule has 98 valence electrons. The van der Waals surface area contributed by atoms with Gasteiger partial charge in [-0.15, -0.1) is 0 Å². The summed E-state index contributed by atoms with van der Waals surface area (Å²) in [5.74, 6) is -0.0436. The SMILES string of the molecule is CCN(CC(=O)N1C[C@@H](F)C[C@H]1CO)C1CC1. The third kappa shape index (κ3) is 2.96. The van der Waals surface area contributed by atoms with E-state index in [4.69, 9.17) is 5.11 Å². The first-order chi connectivity index (χ1) is 8.15. The number of likely N-dealkylation sites (N-methyl/N-ethyl adjacent to an activating group) is 1. The highest BCUT2D eigenvalue weighted by atomic mass is 19.1. The van der Waals surface area contributed by atoms with Crippen LogP contribution in [0.25, 0.3) is 0 Å². The van der Waals surface area contributed by atoms with Crippen molar-refractivity contribution in [2.24, 2.45) is 0 Å². The standard InChI is InChI=1S/C12H21FN2O2/c1-2-14(10-3-4-10)7-12(17)15-6-9(13)5-11(15)8-16/h9-11,16H,2-8H2,1H3/t9-,11-/m0/s1. The van der Waals surface area contributed by atoms with Crippen molar-refractivity contribution in [1.29, 1.82) is 0 Å². The van der Waals surface area contributed by atoms with E-state index in [9.17, 15) is 9.18 Å². The summed E-state index contributed by atoms with van der Waals surface area (Å²) in [4.78, 5) is 15.7. The van der Waals surface area contributed by atoms with Crippen molar-refractivity contribution >= 4 is 5.91 Å². The average Bonchev–Trinajstić information content (AvgIpc) is 3.08. The zero-order valence-corrected chi connectivity index (χ0v) is 10.3. The summed E-state index contributed by atoms with van der Waals surface area (Å²) in [6.07, 6.45) is 1.62. The summed E-state index contributed by atoms with van der Waals surface area (Å²) in [6, 6.07) is 0.218. The summed E-state index contributed by atoms with van der Waals surface area (Å²) in [6.45, 7) is 3.27. The molecule has 5 heteroatoms. The van der Waals surface area contributed by atoms with E-state index < -0.39 is 6.17 Å². The van der Waals surface area contributed by atoms with E-state index >= 15 is 0 Å². The molecule has 0 aromatic heterocycles. The summed E-state index contributed by atoms with van der Waals surface area (Å²) in [5, 5.41) is 9.14. The summed E-state index contributed by atoms with van der Waals surface area (Å²) in [5.41, 5.74) is 0. The van der Waals surface area contributed by atoms with E-state index in [-0.39, 0.29) is 31.5 Å². The normalized spacial score (nSPS) is 29.1. The maximum Gasteiger partial charge on any atom is 0.237 e. The zero-order chi connectivity index (χ0) is 12.4. The van der Waals surface area contributed by atoms with Crippen LogP contribution in [0.3, 0.4) is 0 Å². The van der Waals surface area contributed by atoms with Crippen LogP contribution in [0, 0.1) is 0 Å². The molecule has 4 nitrogen and oxygen atoms in total. The number of carbonyl (C=O) groups excluding carboxylic acids is 1. The molecule has 1 amide bonds. The van der Waals surface area contributed by atoms with Crippen LogP contribution < -0.4 is 0 Å². The van der Waals surface area contributed by atoms with E-state index in [1.54, 1.807) is 0 Å². The number of aliphatic hydroxyl groups is 1. The second-order valence-corrected chi connectivity index (χ2v) is 5.01. The zero-order valence-electron chi connectivity index (χ0n) is 10.3. The van der Waals surface area contributed by atoms with Crippen LogP contribution in [0.15, 0.2) is 0 Å². The highest BCUT2D eigenvalue weighted by Crippen LogP contribution is 2.27. The van der Waals surface area contributed by atoms with Crippen molar-refractivity contribution in [3.8, 4) is 0 Å². The van der Waals surface area contributed by atoms with Gasteiger partial charge in [-0.2, -0.15) is 0 Å². The number of hydrogen-bond acceptors (Lipinski definition) is 3. The van der Waals surface area contributed by atoms with Crippen LogP contribution in [-0.2, 0) is 4.79 Å². The van der Waals surface area contributed by atoms with Gasteiger partial charge in [-0.25, -0.2) is 4.39 Å². The molecule has 2 aliphatic rings. The summed E-state index contributed by atoms with van der Waals surface area (Å²) < 4.78 is 13.2. The minimum atomic E-state index is -0.980. The predicted octanol–water partition coefficient (Wildman–Crippen LogP) is 0.402.